The van der Waals surface area contributed by atoms with Gasteiger partial charge >= 0.3 is 0 Å². The first-order chi connectivity index (χ1) is 21.2. The molecule has 1 aliphatic heterocycles. The predicted molar refractivity (Wildman–Crippen MR) is 172 cm³/mol. The van der Waals surface area contributed by atoms with Crippen LogP contribution < -0.4 is 15.8 Å². The number of hydrogen-bond donors (Lipinski definition) is 8. The first kappa shape index (κ1) is 33.9. The number of aromatic hydroxyl groups is 1. The zero-order valence-corrected chi connectivity index (χ0v) is 26.1. The van der Waals surface area contributed by atoms with E-state index in [1.165, 1.54) is 12.8 Å². The molecule has 1 aromatic carbocycles. The van der Waals surface area contributed by atoms with Crippen molar-refractivity contribution < 1.29 is 30.3 Å². The van der Waals surface area contributed by atoms with Gasteiger partial charge in [-0.05, 0) is 104 Å². The van der Waals surface area contributed by atoms with Crippen LogP contribution in [0.1, 0.15) is 76.0 Å². The van der Waals surface area contributed by atoms with E-state index in [1.807, 2.05) is 24.4 Å². The van der Waals surface area contributed by atoms with Gasteiger partial charge in [-0.2, -0.15) is 0 Å². The van der Waals surface area contributed by atoms with Gasteiger partial charge in [0.25, 0.3) is 0 Å². The number of aliphatic hydroxyl groups is 4. The van der Waals surface area contributed by atoms with Gasteiger partial charge in [0.15, 0.2) is 11.5 Å². The fourth-order valence-corrected chi connectivity index (χ4v) is 6.73. The van der Waals surface area contributed by atoms with E-state index in [2.05, 4.69) is 23.3 Å². The number of rotatable bonds is 16. The summed E-state index contributed by atoms with van der Waals surface area (Å²) in [6.07, 6.45) is 11.9. The van der Waals surface area contributed by atoms with Crippen molar-refractivity contribution in [3.63, 3.8) is 0 Å². The van der Waals surface area contributed by atoms with Crippen LogP contribution in [-0.2, 0) is 12.8 Å². The van der Waals surface area contributed by atoms with E-state index >= 15 is 0 Å². The SMILES string of the molecule is CC[C@@H]1CCC[C@H]([C@H](O)C[C@H](O)CCc2ccc(O)c(O[C@H](C[C@H](Cc3ccc[nH]3)C3=CCNC(N)=C3)[C@H](O)CO)c2)CC1. The number of phenols is 1. The van der Waals surface area contributed by atoms with E-state index in [4.69, 9.17) is 10.5 Å². The molecule has 2 heterocycles. The molecule has 1 fully saturated rings. The summed E-state index contributed by atoms with van der Waals surface area (Å²) in [4.78, 5) is 3.24. The molecule has 2 aromatic rings. The highest BCUT2D eigenvalue weighted by Gasteiger charge is 2.29. The van der Waals surface area contributed by atoms with Crippen molar-refractivity contribution in [1.29, 1.82) is 0 Å². The van der Waals surface area contributed by atoms with Crippen molar-refractivity contribution in [2.75, 3.05) is 13.2 Å². The van der Waals surface area contributed by atoms with E-state index in [-0.39, 0.29) is 23.3 Å². The van der Waals surface area contributed by atoms with Crippen LogP contribution in [0.15, 0.2) is 60.1 Å². The minimum Gasteiger partial charge on any atom is -0.504 e. The summed E-state index contributed by atoms with van der Waals surface area (Å²) < 4.78 is 6.22. The zero-order valence-electron chi connectivity index (χ0n) is 26.1. The van der Waals surface area contributed by atoms with Crippen LogP contribution in [-0.4, -0.2) is 68.1 Å². The second kappa shape index (κ2) is 16.9. The molecule has 0 spiro atoms. The van der Waals surface area contributed by atoms with Gasteiger partial charge in [-0.25, -0.2) is 0 Å². The molecule has 1 aliphatic carbocycles. The van der Waals surface area contributed by atoms with E-state index < -0.39 is 31.0 Å². The third-order valence-electron chi connectivity index (χ3n) is 9.54. The number of aliphatic hydroxyl groups excluding tert-OH is 4. The van der Waals surface area contributed by atoms with Crippen LogP contribution in [0.2, 0.25) is 0 Å². The van der Waals surface area contributed by atoms with Crippen molar-refractivity contribution in [2.45, 2.75) is 102 Å². The number of ether oxygens (including phenoxy) is 1. The van der Waals surface area contributed by atoms with Crippen molar-refractivity contribution >= 4 is 0 Å². The third kappa shape index (κ3) is 10.0. The van der Waals surface area contributed by atoms with Crippen LogP contribution in [0.3, 0.4) is 0 Å². The van der Waals surface area contributed by atoms with Crippen molar-refractivity contribution in [3.05, 3.63) is 71.3 Å². The summed E-state index contributed by atoms with van der Waals surface area (Å²) in [5.41, 5.74) is 8.96. The monoisotopic (exact) mass is 611 g/mol. The van der Waals surface area contributed by atoms with E-state index in [1.54, 1.807) is 18.2 Å². The molecule has 2 aliphatic rings. The molecule has 0 radical (unpaired) electrons. The van der Waals surface area contributed by atoms with Crippen molar-refractivity contribution in [3.8, 4) is 11.5 Å². The quantitative estimate of drug-likeness (QED) is 0.132. The van der Waals surface area contributed by atoms with Crippen molar-refractivity contribution in [2.24, 2.45) is 23.5 Å². The molecular formula is C35H53N3O6. The lowest BCUT2D eigenvalue weighted by molar-refractivity contribution is -0.0103. The lowest BCUT2D eigenvalue weighted by Crippen LogP contribution is -2.37. The minimum atomic E-state index is -1.17. The summed E-state index contributed by atoms with van der Waals surface area (Å²) in [6, 6.07) is 9.01. The molecule has 9 N–H and O–H groups in total. The van der Waals surface area contributed by atoms with Crippen LogP contribution in [0.4, 0.5) is 0 Å². The Morgan fingerprint density at radius 2 is 1.91 bits per heavy atom. The molecule has 244 valence electrons. The molecule has 9 nitrogen and oxygen atoms in total. The molecular weight excluding hydrogens is 558 g/mol. The molecule has 0 bridgehead atoms. The Morgan fingerprint density at radius 3 is 2.64 bits per heavy atom. The smallest absolute Gasteiger partial charge is 0.161 e. The average Bonchev–Trinajstić information content (AvgIpc) is 3.41. The molecule has 44 heavy (non-hydrogen) atoms. The number of H-pyrrole nitrogens is 1. The van der Waals surface area contributed by atoms with Crippen LogP contribution in [0, 0.1) is 17.8 Å². The normalized spacial score (nSPS) is 22.5. The summed E-state index contributed by atoms with van der Waals surface area (Å²) in [5, 5.41) is 56.1. The first-order valence-electron chi connectivity index (χ1n) is 16.4. The Bertz CT molecular complexity index is 1200. The van der Waals surface area contributed by atoms with Crippen LogP contribution >= 0.6 is 0 Å². The second-order valence-corrected chi connectivity index (χ2v) is 12.8. The molecule has 0 amide bonds. The Hall–Kier alpha value is -2.98. The zero-order chi connectivity index (χ0) is 31.5. The van der Waals surface area contributed by atoms with E-state index in [0.29, 0.717) is 44.5 Å². The summed E-state index contributed by atoms with van der Waals surface area (Å²) in [5.74, 6) is 1.64. The Kier molecular flexibility index (Phi) is 13.0. The highest BCUT2D eigenvalue weighted by Crippen LogP contribution is 2.34. The van der Waals surface area contributed by atoms with E-state index in [9.17, 15) is 25.5 Å². The number of nitrogens with one attached hydrogen (secondary N) is 2. The number of aromatic nitrogens is 1. The van der Waals surface area contributed by atoms with Gasteiger partial charge in [-0.1, -0.05) is 44.7 Å². The fraction of sp³-hybridized carbons (Fsp3) is 0.600. The number of phenolic OH excluding ortho intramolecular Hbond substituents is 1. The maximum atomic E-state index is 10.9. The molecule has 0 unspecified atom stereocenters. The van der Waals surface area contributed by atoms with Gasteiger partial charge in [0.05, 0.1) is 24.6 Å². The molecule has 7 atom stereocenters. The minimum absolute atomic E-state index is 0.0650. The summed E-state index contributed by atoms with van der Waals surface area (Å²) in [7, 11) is 0. The van der Waals surface area contributed by atoms with Gasteiger partial charge < -0.3 is 46.3 Å². The topological polar surface area (TPSA) is 164 Å². The van der Waals surface area contributed by atoms with Gasteiger partial charge in [-0.15, -0.1) is 0 Å². The van der Waals surface area contributed by atoms with E-state index in [0.717, 1.165) is 48.4 Å². The average molecular weight is 612 g/mol. The number of aryl methyl sites for hydroxylation is 1. The molecule has 0 saturated heterocycles. The second-order valence-electron chi connectivity index (χ2n) is 12.8. The Balaban J connectivity index is 1.39. The van der Waals surface area contributed by atoms with Gasteiger partial charge in [0.2, 0.25) is 0 Å². The predicted octanol–water partition coefficient (Wildman–Crippen LogP) is 4.05. The Morgan fingerprint density at radius 1 is 1.07 bits per heavy atom. The number of benzene rings is 1. The summed E-state index contributed by atoms with van der Waals surface area (Å²) in [6.45, 7) is 2.34. The molecule has 1 saturated carbocycles. The number of nitrogens with two attached hydrogens (primary N) is 1. The number of allylic oxidation sites excluding steroid dienone is 2. The molecule has 9 heteroatoms. The summed E-state index contributed by atoms with van der Waals surface area (Å²) >= 11 is 0. The van der Waals surface area contributed by atoms with Gasteiger partial charge in [0.1, 0.15) is 12.2 Å². The van der Waals surface area contributed by atoms with Crippen LogP contribution in [0.25, 0.3) is 0 Å². The Labute approximate surface area is 261 Å². The highest BCUT2D eigenvalue weighted by atomic mass is 16.5. The van der Waals surface area contributed by atoms with Gasteiger partial charge in [0, 0.05) is 18.4 Å². The third-order valence-corrected chi connectivity index (χ3v) is 9.54. The van der Waals surface area contributed by atoms with Crippen LogP contribution in [0.5, 0.6) is 11.5 Å². The standard InChI is InChI=1S/C35H53N3O6/c1-2-23-5-3-6-25(11-8-23)31(42)21-29(40)12-9-24-10-13-30(41)33(17-24)44-34(32(43)22-39)19-27(18-28-7-4-15-37-28)26-14-16-38-35(36)20-26/h4,7,10,13-15,17,20,23,25,27,29,31-32,34,37-43H,2-3,5-6,8-9,11-12,16,18-19,21-22,36H2,1H3/t23-,25+,27+,29-,31-,32-,34-/m1/s1. The number of dihydropyridines is 1. The maximum absolute atomic E-state index is 10.9. The number of aromatic amines is 1. The highest BCUT2D eigenvalue weighted by molar-refractivity contribution is 5.42. The van der Waals surface area contributed by atoms with Gasteiger partial charge in [-0.3, -0.25) is 0 Å². The molecule has 4 rings (SSSR count). The maximum Gasteiger partial charge on any atom is 0.161 e. The first-order valence-corrected chi connectivity index (χ1v) is 16.4. The fourth-order valence-electron chi connectivity index (χ4n) is 6.73. The lowest BCUT2D eigenvalue weighted by Gasteiger charge is -2.29. The molecule has 1 aromatic heterocycles. The van der Waals surface area contributed by atoms with Crippen molar-refractivity contribution in [1.82, 2.24) is 10.3 Å². The largest absolute Gasteiger partial charge is 0.504 e. The lowest BCUT2D eigenvalue weighted by atomic mass is 9.86. The number of hydrogen-bond acceptors (Lipinski definition) is 8.